The second kappa shape index (κ2) is 5.56. The van der Waals surface area contributed by atoms with E-state index in [2.05, 4.69) is 10.4 Å². The third kappa shape index (κ3) is 3.31. The molecule has 1 aromatic heterocycles. The number of alkyl halides is 3. The van der Waals surface area contributed by atoms with E-state index >= 15 is 0 Å². The lowest BCUT2D eigenvalue weighted by Crippen LogP contribution is -2.13. The molecule has 20 heavy (non-hydrogen) atoms. The van der Waals surface area contributed by atoms with Gasteiger partial charge in [-0.3, -0.25) is 4.68 Å². The van der Waals surface area contributed by atoms with Gasteiger partial charge in [0.1, 0.15) is 5.69 Å². The molecule has 0 unspecified atom stereocenters. The zero-order valence-corrected chi connectivity index (χ0v) is 11.3. The van der Waals surface area contributed by atoms with Crippen molar-refractivity contribution in [2.75, 3.05) is 5.32 Å². The van der Waals surface area contributed by atoms with Crippen LogP contribution < -0.4 is 5.32 Å². The number of aromatic nitrogens is 2. The van der Waals surface area contributed by atoms with Crippen LogP contribution in [-0.4, -0.2) is 9.78 Å². The molecule has 0 atom stereocenters. The number of hydrogen-bond acceptors (Lipinski definition) is 2. The summed E-state index contributed by atoms with van der Waals surface area (Å²) in [6.07, 6.45) is -4.37. The largest absolute Gasteiger partial charge is 0.433 e. The first-order chi connectivity index (χ1) is 9.40. The molecule has 3 nitrogen and oxygen atoms in total. The van der Waals surface area contributed by atoms with Gasteiger partial charge in [0.25, 0.3) is 0 Å². The number of anilines is 1. The van der Waals surface area contributed by atoms with Gasteiger partial charge in [-0.1, -0.05) is 17.7 Å². The predicted molar refractivity (Wildman–Crippen MR) is 71.4 cm³/mol. The van der Waals surface area contributed by atoms with Crippen LogP contribution in [0.25, 0.3) is 0 Å². The maximum absolute atomic E-state index is 12.8. The average molecular weight is 283 g/mol. The van der Waals surface area contributed by atoms with Crippen molar-refractivity contribution in [2.24, 2.45) is 0 Å². The molecule has 0 saturated carbocycles. The van der Waals surface area contributed by atoms with E-state index in [9.17, 15) is 13.2 Å². The Morgan fingerprint density at radius 2 is 1.85 bits per heavy atom. The Hall–Kier alpha value is -1.98. The molecule has 108 valence electrons. The molecule has 1 aromatic carbocycles. The van der Waals surface area contributed by atoms with E-state index < -0.39 is 11.9 Å². The topological polar surface area (TPSA) is 29.9 Å². The number of rotatable bonds is 4. The summed E-state index contributed by atoms with van der Waals surface area (Å²) < 4.78 is 39.3. The van der Waals surface area contributed by atoms with Gasteiger partial charge in [-0.25, -0.2) is 0 Å². The van der Waals surface area contributed by atoms with Crippen LogP contribution in [0.2, 0.25) is 0 Å². The van der Waals surface area contributed by atoms with Crippen LogP contribution >= 0.6 is 0 Å². The van der Waals surface area contributed by atoms with Gasteiger partial charge in [0, 0.05) is 12.2 Å². The minimum Gasteiger partial charge on any atom is -0.379 e. The molecular weight excluding hydrogens is 267 g/mol. The van der Waals surface area contributed by atoms with Gasteiger partial charge < -0.3 is 5.32 Å². The zero-order valence-electron chi connectivity index (χ0n) is 11.3. The first-order valence-corrected chi connectivity index (χ1v) is 6.34. The standard InChI is InChI=1S/C14H16F3N3/c1-3-20-13(14(15,16)17)8-12(19-20)9-18-11-6-4-10(2)5-7-11/h4-8,18H,3,9H2,1-2H3. The molecule has 1 heterocycles. The Morgan fingerprint density at radius 3 is 2.35 bits per heavy atom. The fourth-order valence-corrected chi connectivity index (χ4v) is 1.89. The SMILES string of the molecule is CCn1nc(CNc2ccc(C)cc2)cc1C(F)(F)F. The smallest absolute Gasteiger partial charge is 0.379 e. The lowest BCUT2D eigenvalue weighted by molar-refractivity contribution is -0.144. The average Bonchev–Trinajstić information content (AvgIpc) is 2.81. The van der Waals surface area contributed by atoms with Crippen molar-refractivity contribution < 1.29 is 13.2 Å². The van der Waals surface area contributed by atoms with Crippen molar-refractivity contribution in [1.82, 2.24) is 9.78 Å². The number of aryl methyl sites for hydroxylation is 2. The highest BCUT2D eigenvalue weighted by molar-refractivity contribution is 5.44. The molecule has 0 saturated heterocycles. The number of nitrogens with zero attached hydrogens (tertiary/aromatic N) is 2. The third-order valence-corrected chi connectivity index (χ3v) is 2.95. The summed E-state index contributed by atoms with van der Waals surface area (Å²) in [5.74, 6) is 0. The zero-order chi connectivity index (χ0) is 14.8. The van der Waals surface area contributed by atoms with Gasteiger partial charge in [-0.15, -0.1) is 0 Å². The van der Waals surface area contributed by atoms with Crippen molar-refractivity contribution in [1.29, 1.82) is 0 Å². The van der Waals surface area contributed by atoms with Crippen LogP contribution in [0.5, 0.6) is 0 Å². The van der Waals surface area contributed by atoms with Crippen molar-refractivity contribution in [3.8, 4) is 0 Å². The van der Waals surface area contributed by atoms with E-state index in [1.165, 1.54) is 0 Å². The van der Waals surface area contributed by atoms with E-state index in [0.717, 1.165) is 22.0 Å². The van der Waals surface area contributed by atoms with E-state index in [0.29, 0.717) is 5.69 Å². The van der Waals surface area contributed by atoms with Gasteiger partial charge in [0.15, 0.2) is 0 Å². The molecule has 0 aliphatic heterocycles. The summed E-state index contributed by atoms with van der Waals surface area (Å²) in [6.45, 7) is 4.07. The quantitative estimate of drug-likeness (QED) is 0.923. The highest BCUT2D eigenvalue weighted by Crippen LogP contribution is 2.29. The van der Waals surface area contributed by atoms with Gasteiger partial charge >= 0.3 is 6.18 Å². The Bertz CT molecular complexity index is 570. The van der Waals surface area contributed by atoms with Crippen molar-refractivity contribution in [2.45, 2.75) is 33.1 Å². The van der Waals surface area contributed by atoms with Gasteiger partial charge in [-0.05, 0) is 32.0 Å². The van der Waals surface area contributed by atoms with Gasteiger partial charge in [0.2, 0.25) is 0 Å². The summed E-state index contributed by atoms with van der Waals surface area (Å²) in [7, 11) is 0. The van der Waals surface area contributed by atoms with Gasteiger partial charge in [0.05, 0.1) is 12.2 Å². The fraction of sp³-hybridized carbons (Fsp3) is 0.357. The first-order valence-electron chi connectivity index (χ1n) is 6.34. The van der Waals surface area contributed by atoms with Gasteiger partial charge in [-0.2, -0.15) is 18.3 Å². The van der Waals surface area contributed by atoms with E-state index in [4.69, 9.17) is 0 Å². The molecule has 2 rings (SSSR count). The Kier molecular flexibility index (Phi) is 4.01. The minimum absolute atomic E-state index is 0.194. The lowest BCUT2D eigenvalue weighted by atomic mass is 10.2. The molecule has 0 aliphatic rings. The molecule has 0 radical (unpaired) electrons. The molecule has 0 aliphatic carbocycles. The maximum atomic E-state index is 12.8. The highest BCUT2D eigenvalue weighted by atomic mass is 19.4. The number of benzene rings is 1. The van der Waals surface area contributed by atoms with Crippen LogP contribution in [0.1, 0.15) is 23.9 Å². The van der Waals surface area contributed by atoms with E-state index in [1.807, 2.05) is 31.2 Å². The van der Waals surface area contributed by atoms with Crippen molar-refractivity contribution >= 4 is 5.69 Å². The van der Waals surface area contributed by atoms with E-state index in [-0.39, 0.29) is 13.1 Å². The fourth-order valence-electron chi connectivity index (χ4n) is 1.89. The highest BCUT2D eigenvalue weighted by Gasteiger charge is 2.35. The summed E-state index contributed by atoms with van der Waals surface area (Å²) in [4.78, 5) is 0. The summed E-state index contributed by atoms with van der Waals surface area (Å²) in [6, 6.07) is 8.74. The Balaban J connectivity index is 2.10. The first kappa shape index (κ1) is 14.4. The number of nitrogens with one attached hydrogen (secondary N) is 1. The molecule has 2 aromatic rings. The lowest BCUT2D eigenvalue weighted by Gasteiger charge is -2.07. The number of hydrogen-bond donors (Lipinski definition) is 1. The summed E-state index contributed by atoms with van der Waals surface area (Å²) in [5.41, 5.74) is 1.65. The monoisotopic (exact) mass is 283 g/mol. The summed E-state index contributed by atoms with van der Waals surface area (Å²) in [5, 5.41) is 7.02. The molecule has 6 heteroatoms. The molecule has 0 amide bonds. The molecule has 0 bridgehead atoms. The van der Waals surface area contributed by atoms with Crippen LogP contribution in [0.4, 0.5) is 18.9 Å². The second-order valence-electron chi connectivity index (χ2n) is 4.55. The maximum Gasteiger partial charge on any atom is 0.433 e. The van der Waals surface area contributed by atoms with Crippen LogP contribution in [0.3, 0.4) is 0 Å². The summed E-state index contributed by atoms with van der Waals surface area (Å²) >= 11 is 0. The van der Waals surface area contributed by atoms with Crippen molar-refractivity contribution in [3.05, 3.63) is 47.3 Å². The molecule has 0 spiro atoms. The van der Waals surface area contributed by atoms with E-state index in [1.54, 1.807) is 6.92 Å². The molecule has 0 fully saturated rings. The third-order valence-electron chi connectivity index (χ3n) is 2.95. The van der Waals surface area contributed by atoms with Crippen LogP contribution in [0.15, 0.2) is 30.3 Å². The molecule has 1 N–H and O–H groups in total. The second-order valence-corrected chi connectivity index (χ2v) is 4.55. The van der Waals surface area contributed by atoms with Crippen molar-refractivity contribution in [3.63, 3.8) is 0 Å². The number of halogens is 3. The van der Waals surface area contributed by atoms with Crippen LogP contribution in [-0.2, 0) is 19.3 Å². The Labute approximate surface area is 115 Å². The Morgan fingerprint density at radius 1 is 1.20 bits per heavy atom. The normalized spacial score (nSPS) is 11.7. The predicted octanol–water partition coefficient (Wildman–Crippen LogP) is 3.84. The van der Waals surface area contributed by atoms with Crippen LogP contribution in [0, 0.1) is 6.92 Å². The minimum atomic E-state index is -4.37. The molecular formula is C14H16F3N3.